The van der Waals surface area contributed by atoms with Crippen molar-refractivity contribution in [3.8, 4) is 11.4 Å². The molecule has 3 rings (SSSR count). The van der Waals surface area contributed by atoms with E-state index in [9.17, 15) is 4.79 Å². The average molecular weight is 440 g/mol. The number of hydrogen-bond acceptors (Lipinski definition) is 5. The molecule has 0 saturated heterocycles. The molecule has 0 radical (unpaired) electrons. The number of carbonyl (C=O) groups is 1. The van der Waals surface area contributed by atoms with Crippen LogP contribution in [0.5, 0.6) is 5.75 Å². The minimum Gasteiger partial charge on any atom is -0.497 e. The van der Waals surface area contributed by atoms with Crippen molar-refractivity contribution < 1.29 is 9.53 Å². The zero-order valence-electron chi connectivity index (χ0n) is 18.6. The highest BCUT2D eigenvalue weighted by Crippen LogP contribution is 2.26. The smallest absolute Gasteiger partial charge is 0.315 e. The average Bonchev–Trinajstić information content (AvgIpc) is 3.13. The Morgan fingerprint density at radius 3 is 2.55 bits per heavy atom. The lowest BCUT2D eigenvalue weighted by Gasteiger charge is -2.20. The number of urea groups is 1. The predicted octanol–water partition coefficient (Wildman–Crippen LogP) is 4.47. The molecule has 2 N–H and O–H groups in total. The topological polar surface area (TPSA) is 81.1 Å². The van der Waals surface area contributed by atoms with Crippen LogP contribution in [0.15, 0.2) is 53.7 Å². The molecule has 0 atom stereocenters. The second-order valence-corrected chi connectivity index (χ2v) is 9.21. The lowest BCUT2D eigenvalue weighted by Crippen LogP contribution is -2.46. The van der Waals surface area contributed by atoms with Gasteiger partial charge in [-0.2, -0.15) is 0 Å². The lowest BCUT2D eigenvalue weighted by molar-refractivity contribution is 0.231. The van der Waals surface area contributed by atoms with Crippen molar-refractivity contribution in [3.05, 3.63) is 65.5 Å². The van der Waals surface area contributed by atoms with E-state index in [4.69, 9.17) is 4.74 Å². The summed E-state index contributed by atoms with van der Waals surface area (Å²) in [6.45, 7) is 8.13. The van der Waals surface area contributed by atoms with Crippen LogP contribution in [0.25, 0.3) is 5.69 Å². The molecule has 0 aliphatic heterocycles. The fourth-order valence-corrected chi connectivity index (χ4v) is 3.83. The van der Waals surface area contributed by atoms with E-state index < -0.39 is 0 Å². The molecule has 2 aromatic carbocycles. The minimum atomic E-state index is -0.313. The lowest BCUT2D eigenvalue weighted by atomic mass is 10.1. The molecule has 0 fully saturated rings. The Hall–Kier alpha value is -3.00. The van der Waals surface area contributed by atoms with Crippen LogP contribution in [-0.2, 0) is 12.3 Å². The van der Waals surface area contributed by atoms with E-state index in [1.165, 1.54) is 5.56 Å². The van der Waals surface area contributed by atoms with Gasteiger partial charge < -0.3 is 15.4 Å². The summed E-state index contributed by atoms with van der Waals surface area (Å²) >= 11 is 1.59. The van der Waals surface area contributed by atoms with Crippen molar-refractivity contribution in [2.75, 3.05) is 7.11 Å². The second-order valence-electron chi connectivity index (χ2n) is 8.27. The summed E-state index contributed by atoms with van der Waals surface area (Å²) < 4.78 is 7.30. The minimum absolute atomic E-state index is 0.239. The van der Waals surface area contributed by atoms with E-state index in [0.717, 1.165) is 27.9 Å². The number of rotatable bonds is 7. The summed E-state index contributed by atoms with van der Waals surface area (Å²) in [4.78, 5) is 12.2. The highest BCUT2D eigenvalue weighted by molar-refractivity contribution is 7.98. The Bertz CT molecular complexity index is 1030. The first-order valence-electron chi connectivity index (χ1n) is 10.1. The van der Waals surface area contributed by atoms with E-state index in [1.54, 1.807) is 18.9 Å². The maximum Gasteiger partial charge on any atom is 0.315 e. The van der Waals surface area contributed by atoms with Crippen LogP contribution in [0.2, 0.25) is 0 Å². The normalized spacial score (nSPS) is 11.3. The van der Waals surface area contributed by atoms with Gasteiger partial charge in [-0.05, 0) is 57.5 Å². The Balaban J connectivity index is 1.81. The first-order chi connectivity index (χ1) is 14.7. The number of carbonyl (C=O) groups excluding carboxylic acids is 1. The van der Waals surface area contributed by atoms with Crippen LogP contribution in [0, 0.1) is 6.92 Å². The van der Waals surface area contributed by atoms with E-state index in [2.05, 4.69) is 39.0 Å². The van der Waals surface area contributed by atoms with Crippen molar-refractivity contribution in [1.29, 1.82) is 0 Å². The molecule has 0 bridgehead atoms. The quantitative estimate of drug-likeness (QED) is 0.531. The van der Waals surface area contributed by atoms with Gasteiger partial charge in [0.25, 0.3) is 0 Å². The maximum atomic E-state index is 12.2. The number of aryl methyl sites for hydroxylation is 1. The monoisotopic (exact) mass is 439 g/mol. The van der Waals surface area contributed by atoms with Crippen LogP contribution < -0.4 is 15.4 Å². The Kier molecular flexibility index (Phi) is 7.22. The molecule has 0 aliphatic rings. The molecule has 1 aromatic heterocycles. The van der Waals surface area contributed by atoms with Gasteiger partial charge in [-0.3, -0.25) is 4.57 Å². The van der Waals surface area contributed by atoms with Gasteiger partial charge in [0, 0.05) is 17.0 Å². The fourth-order valence-electron chi connectivity index (χ4n) is 2.92. The molecule has 1 heterocycles. The van der Waals surface area contributed by atoms with E-state index in [-0.39, 0.29) is 18.1 Å². The molecule has 0 spiro atoms. The van der Waals surface area contributed by atoms with Gasteiger partial charge in [-0.25, -0.2) is 4.79 Å². The third-order valence-corrected chi connectivity index (χ3v) is 5.39. The van der Waals surface area contributed by atoms with Gasteiger partial charge in [0.1, 0.15) is 5.75 Å². The van der Waals surface area contributed by atoms with Gasteiger partial charge in [-0.1, -0.05) is 41.6 Å². The molecular formula is C23H29N5O2S. The number of aromatic nitrogens is 3. The summed E-state index contributed by atoms with van der Waals surface area (Å²) in [5, 5.41) is 15.3. The van der Waals surface area contributed by atoms with E-state index in [0.29, 0.717) is 5.82 Å². The van der Waals surface area contributed by atoms with E-state index >= 15 is 0 Å². The zero-order valence-corrected chi connectivity index (χ0v) is 19.4. The number of nitrogens with zero attached hydrogens (tertiary/aromatic N) is 3. The molecule has 0 aliphatic carbocycles. The third-order valence-electron chi connectivity index (χ3n) is 4.39. The fraction of sp³-hybridized carbons (Fsp3) is 0.348. The molecule has 8 heteroatoms. The SMILES string of the molecule is COc1cccc(CSc2nnc(CNC(=O)NC(C)(C)C)n2-c2ccc(C)cc2)c1. The van der Waals surface area contributed by atoms with Crippen molar-refractivity contribution >= 4 is 17.8 Å². The molecule has 0 unspecified atom stereocenters. The van der Waals surface area contributed by atoms with Crippen LogP contribution in [-0.4, -0.2) is 33.4 Å². The number of hydrogen-bond donors (Lipinski definition) is 2. The molecule has 164 valence electrons. The first kappa shape index (κ1) is 22.7. The molecular weight excluding hydrogens is 410 g/mol. The first-order valence-corrected chi connectivity index (χ1v) is 11.1. The van der Waals surface area contributed by atoms with E-state index in [1.807, 2.05) is 62.6 Å². The number of ether oxygens (including phenoxy) is 1. The maximum absolute atomic E-state index is 12.2. The summed E-state index contributed by atoms with van der Waals surface area (Å²) in [6.07, 6.45) is 0. The van der Waals surface area contributed by atoms with Gasteiger partial charge in [0.05, 0.1) is 13.7 Å². The molecule has 7 nitrogen and oxygen atoms in total. The molecule has 0 saturated carbocycles. The molecule has 2 amide bonds. The third kappa shape index (κ3) is 6.49. The van der Waals surface area contributed by atoms with Crippen LogP contribution in [0.3, 0.4) is 0 Å². The molecule has 31 heavy (non-hydrogen) atoms. The summed E-state index contributed by atoms with van der Waals surface area (Å²) in [6, 6.07) is 15.9. The standard InChI is InChI=1S/C23H29N5O2S/c1-16-9-11-18(12-10-16)28-20(14-24-21(29)25-23(2,3)4)26-27-22(28)31-15-17-7-6-8-19(13-17)30-5/h6-13H,14-15H2,1-5H3,(H2,24,25,29). The number of benzene rings is 2. The largest absolute Gasteiger partial charge is 0.497 e. The highest BCUT2D eigenvalue weighted by Gasteiger charge is 2.17. The summed E-state index contributed by atoms with van der Waals surface area (Å²) in [5.74, 6) is 2.22. The Morgan fingerprint density at radius 1 is 1.13 bits per heavy atom. The van der Waals surface area contributed by atoms with Gasteiger partial charge in [-0.15, -0.1) is 10.2 Å². The van der Waals surface area contributed by atoms with Crippen LogP contribution >= 0.6 is 11.8 Å². The van der Waals surface area contributed by atoms with Crippen molar-refractivity contribution in [1.82, 2.24) is 25.4 Å². The van der Waals surface area contributed by atoms with Gasteiger partial charge >= 0.3 is 6.03 Å². The van der Waals surface area contributed by atoms with Gasteiger partial charge in [0.2, 0.25) is 0 Å². The molecule has 3 aromatic rings. The number of thioether (sulfide) groups is 1. The number of amides is 2. The predicted molar refractivity (Wildman–Crippen MR) is 124 cm³/mol. The second kappa shape index (κ2) is 9.87. The number of nitrogens with one attached hydrogen (secondary N) is 2. The zero-order chi connectivity index (χ0) is 22.4. The van der Waals surface area contributed by atoms with Crippen LogP contribution in [0.1, 0.15) is 37.7 Å². The Morgan fingerprint density at radius 2 is 1.87 bits per heavy atom. The summed E-state index contributed by atoms with van der Waals surface area (Å²) in [7, 11) is 1.66. The summed E-state index contributed by atoms with van der Waals surface area (Å²) in [5.41, 5.74) is 2.95. The van der Waals surface area contributed by atoms with Crippen molar-refractivity contribution in [2.24, 2.45) is 0 Å². The van der Waals surface area contributed by atoms with Gasteiger partial charge in [0.15, 0.2) is 11.0 Å². The highest BCUT2D eigenvalue weighted by atomic mass is 32.2. The van der Waals surface area contributed by atoms with Crippen molar-refractivity contribution in [2.45, 2.75) is 50.7 Å². The Labute approximate surface area is 187 Å². The number of methoxy groups -OCH3 is 1. The van der Waals surface area contributed by atoms with Crippen LogP contribution in [0.4, 0.5) is 4.79 Å². The van der Waals surface area contributed by atoms with Crippen molar-refractivity contribution in [3.63, 3.8) is 0 Å².